The number of para-hydroxylation sites is 1. The second-order valence-corrected chi connectivity index (χ2v) is 7.70. The Kier molecular flexibility index (Phi) is 5.75. The molecular weight excluding hydrogens is 374 g/mol. The van der Waals surface area contributed by atoms with Crippen LogP contribution in [0.1, 0.15) is 56.0 Å². The zero-order valence-corrected chi connectivity index (χ0v) is 17.4. The van der Waals surface area contributed by atoms with Gasteiger partial charge in [0.2, 0.25) is 0 Å². The van der Waals surface area contributed by atoms with E-state index in [1.165, 1.54) is 0 Å². The Balaban J connectivity index is 1.68. The summed E-state index contributed by atoms with van der Waals surface area (Å²) in [4.78, 5) is 13.5. The van der Waals surface area contributed by atoms with Crippen molar-refractivity contribution in [2.24, 2.45) is 0 Å². The predicted octanol–water partition coefficient (Wildman–Crippen LogP) is 6.02. The van der Waals surface area contributed by atoms with Gasteiger partial charge in [-0.1, -0.05) is 62.4 Å². The summed E-state index contributed by atoms with van der Waals surface area (Å²) >= 11 is 0. The number of carbonyl (C=O) groups excluding carboxylic acids is 1. The largest absolute Gasteiger partial charge is 0.487 e. The van der Waals surface area contributed by atoms with E-state index in [0.29, 0.717) is 11.3 Å². The molecule has 1 aromatic heterocycles. The van der Waals surface area contributed by atoms with E-state index in [4.69, 9.17) is 9.15 Å². The maximum Gasteiger partial charge on any atom is 0.252 e. The third-order valence-electron chi connectivity index (χ3n) is 5.95. The van der Waals surface area contributed by atoms with Crippen LogP contribution in [-0.2, 0) is 4.79 Å². The predicted molar refractivity (Wildman–Crippen MR) is 119 cm³/mol. The summed E-state index contributed by atoms with van der Waals surface area (Å²) in [6, 6.07) is 21.2. The molecule has 4 heteroatoms. The second kappa shape index (κ2) is 8.62. The fourth-order valence-electron chi connectivity index (χ4n) is 4.08. The third-order valence-corrected chi connectivity index (χ3v) is 5.95. The van der Waals surface area contributed by atoms with E-state index in [9.17, 15) is 4.79 Å². The van der Waals surface area contributed by atoms with Gasteiger partial charge in [0.1, 0.15) is 17.1 Å². The van der Waals surface area contributed by atoms with E-state index < -0.39 is 0 Å². The number of hydrogen-bond donors (Lipinski definition) is 1. The van der Waals surface area contributed by atoms with Crippen molar-refractivity contribution in [3.8, 4) is 5.75 Å². The maximum atomic E-state index is 13.5. The lowest BCUT2D eigenvalue weighted by Gasteiger charge is -2.41. The summed E-state index contributed by atoms with van der Waals surface area (Å²) in [6.45, 7) is 4.28. The van der Waals surface area contributed by atoms with Gasteiger partial charge in [0.05, 0.1) is 17.9 Å². The highest BCUT2D eigenvalue weighted by molar-refractivity contribution is 6.24. The van der Waals surface area contributed by atoms with Crippen molar-refractivity contribution in [1.82, 2.24) is 5.32 Å². The van der Waals surface area contributed by atoms with Gasteiger partial charge in [-0.05, 0) is 42.7 Å². The molecule has 154 valence electrons. The van der Waals surface area contributed by atoms with Gasteiger partial charge in [-0.2, -0.15) is 0 Å². The van der Waals surface area contributed by atoms with Crippen molar-refractivity contribution in [3.05, 3.63) is 89.9 Å². The van der Waals surface area contributed by atoms with Gasteiger partial charge in [0, 0.05) is 12.0 Å². The van der Waals surface area contributed by atoms with Crippen molar-refractivity contribution < 1.29 is 13.9 Å². The fourth-order valence-corrected chi connectivity index (χ4v) is 4.08. The van der Waals surface area contributed by atoms with E-state index in [1.807, 2.05) is 66.7 Å². The molecule has 3 aromatic rings. The minimum atomic E-state index is -0.274. The second-order valence-electron chi connectivity index (χ2n) is 7.70. The number of benzene rings is 2. The molecule has 1 N–H and O–H groups in total. The minimum absolute atomic E-state index is 0.119. The topological polar surface area (TPSA) is 51.5 Å². The van der Waals surface area contributed by atoms with Crippen LogP contribution in [0.2, 0.25) is 0 Å². The third kappa shape index (κ3) is 4.04. The monoisotopic (exact) mass is 401 g/mol. The summed E-state index contributed by atoms with van der Waals surface area (Å²) < 4.78 is 11.9. The van der Waals surface area contributed by atoms with Crippen LogP contribution in [-0.4, -0.2) is 11.5 Å². The lowest BCUT2D eigenvalue weighted by molar-refractivity contribution is -0.117. The highest BCUT2D eigenvalue weighted by atomic mass is 16.5. The molecule has 0 radical (unpaired) electrons. The van der Waals surface area contributed by atoms with Crippen LogP contribution in [0.3, 0.4) is 0 Å². The van der Waals surface area contributed by atoms with Crippen LogP contribution in [0.25, 0.3) is 11.6 Å². The Bertz CT molecular complexity index is 1020. The number of amides is 1. The number of nitrogens with one attached hydrogen (secondary N) is 1. The van der Waals surface area contributed by atoms with Crippen molar-refractivity contribution in [2.45, 2.75) is 44.8 Å². The van der Waals surface area contributed by atoms with Gasteiger partial charge in [-0.25, -0.2) is 0 Å². The molecule has 1 aliphatic rings. The number of ether oxygens (including phenoxy) is 1. The van der Waals surface area contributed by atoms with Crippen molar-refractivity contribution in [2.75, 3.05) is 0 Å². The van der Waals surface area contributed by atoms with Gasteiger partial charge in [0.15, 0.2) is 0 Å². The summed E-state index contributed by atoms with van der Waals surface area (Å²) in [5, 5.41) is 3.28. The molecule has 30 heavy (non-hydrogen) atoms. The van der Waals surface area contributed by atoms with E-state index in [2.05, 4.69) is 19.2 Å². The first-order valence-corrected chi connectivity index (χ1v) is 10.5. The molecule has 0 bridgehead atoms. The SMILES string of the molecule is CCC1(CC)CC(NC(=O)/C(=C/c2ccco2)c2ccccc2)c2ccccc2O1. The van der Waals surface area contributed by atoms with Crippen LogP contribution >= 0.6 is 0 Å². The molecule has 1 unspecified atom stereocenters. The number of furan rings is 1. The zero-order chi connectivity index (χ0) is 21.0. The summed E-state index contributed by atoms with van der Waals surface area (Å²) in [7, 11) is 0. The average molecular weight is 402 g/mol. The van der Waals surface area contributed by atoms with Gasteiger partial charge in [-0.15, -0.1) is 0 Å². The first-order valence-electron chi connectivity index (χ1n) is 10.5. The number of hydrogen-bond acceptors (Lipinski definition) is 3. The van der Waals surface area contributed by atoms with E-state index >= 15 is 0 Å². The number of fused-ring (bicyclic) bond motifs is 1. The lowest BCUT2D eigenvalue weighted by atomic mass is 9.83. The van der Waals surface area contributed by atoms with Crippen molar-refractivity contribution in [1.29, 1.82) is 0 Å². The Morgan fingerprint density at radius 3 is 2.47 bits per heavy atom. The highest BCUT2D eigenvalue weighted by Crippen LogP contribution is 2.42. The summed E-state index contributed by atoms with van der Waals surface area (Å²) in [5.74, 6) is 1.38. The molecule has 1 aliphatic heterocycles. The Hall–Kier alpha value is -3.27. The quantitative estimate of drug-likeness (QED) is 0.514. The molecule has 0 aliphatic carbocycles. The van der Waals surface area contributed by atoms with Gasteiger partial charge in [0.25, 0.3) is 5.91 Å². The molecular formula is C26H27NO3. The number of carbonyl (C=O) groups is 1. The van der Waals surface area contributed by atoms with Gasteiger partial charge < -0.3 is 14.5 Å². The summed E-state index contributed by atoms with van der Waals surface area (Å²) in [6.07, 6.45) is 5.92. The molecule has 4 nitrogen and oxygen atoms in total. The number of rotatable bonds is 6. The van der Waals surface area contributed by atoms with Crippen LogP contribution in [0, 0.1) is 0 Å². The first kappa shape index (κ1) is 20.0. The van der Waals surface area contributed by atoms with Crippen LogP contribution < -0.4 is 10.1 Å². The maximum absolute atomic E-state index is 13.5. The van der Waals surface area contributed by atoms with Gasteiger partial charge in [-0.3, -0.25) is 4.79 Å². The smallest absolute Gasteiger partial charge is 0.252 e. The average Bonchev–Trinajstić information content (AvgIpc) is 3.31. The Morgan fingerprint density at radius 2 is 1.77 bits per heavy atom. The minimum Gasteiger partial charge on any atom is -0.487 e. The van der Waals surface area contributed by atoms with Crippen LogP contribution in [0.5, 0.6) is 5.75 Å². The van der Waals surface area contributed by atoms with E-state index in [0.717, 1.165) is 36.1 Å². The summed E-state index contributed by atoms with van der Waals surface area (Å²) in [5.41, 5.74) is 2.18. The first-order chi connectivity index (χ1) is 14.6. The standard InChI is InChI=1S/C26H27NO3/c1-3-26(4-2)18-23(21-14-8-9-15-24(21)30-26)27-25(28)22(17-20-13-10-16-29-20)19-11-6-5-7-12-19/h5-17,23H,3-4,18H2,1-2H3,(H,27,28)/b22-17+. The molecule has 1 amide bonds. The highest BCUT2D eigenvalue weighted by Gasteiger charge is 2.39. The van der Waals surface area contributed by atoms with Crippen molar-refractivity contribution in [3.63, 3.8) is 0 Å². The Morgan fingerprint density at radius 1 is 1.03 bits per heavy atom. The molecule has 4 rings (SSSR count). The van der Waals surface area contributed by atoms with Crippen molar-refractivity contribution >= 4 is 17.6 Å². The normalized spacial score (nSPS) is 17.7. The Labute approximate surface area is 177 Å². The molecule has 2 aromatic carbocycles. The lowest BCUT2D eigenvalue weighted by Crippen LogP contribution is -2.44. The van der Waals surface area contributed by atoms with E-state index in [1.54, 1.807) is 12.3 Å². The van der Waals surface area contributed by atoms with E-state index in [-0.39, 0.29) is 17.6 Å². The molecule has 0 fully saturated rings. The van der Waals surface area contributed by atoms with Crippen LogP contribution in [0.4, 0.5) is 0 Å². The molecule has 0 saturated heterocycles. The van der Waals surface area contributed by atoms with Gasteiger partial charge >= 0.3 is 0 Å². The molecule has 1 atom stereocenters. The zero-order valence-electron chi connectivity index (χ0n) is 17.4. The molecule has 0 saturated carbocycles. The molecule has 0 spiro atoms. The fraction of sp³-hybridized carbons (Fsp3) is 0.269. The van der Waals surface area contributed by atoms with Crippen LogP contribution in [0.15, 0.2) is 77.4 Å². The molecule has 2 heterocycles.